The van der Waals surface area contributed by atoms with Crippen molar-refractivity contribution in [3.8, 4) is 33.8 Å². The van der Waals surface area contributed by atoms with Gasteiger partial charge in [0.1, 0.15) is 23.9 Å². The van der Waals surface area contributed by atoms with E-state index >= 15 is 0 Å². The molecule has 0 saturated carbocycles. The summed E-state index contributed by atoms with van der Waals surface area (Å²) in [5.74, 6) is 1.94. The summed E-state index contributed by atoms with van der Waals surface area (Å²) in [6.07, 6.45) is 4.33. The second-order valence-corrected chi connectivity index (χ2v) is 13.3. The van der Waals surface area contributed by atoms with Gasteiger partial charge in [0.2, 0.25) is 11.0 Å². The van der Waals surface area contributed by atoms with Crippen molar-refractivity contribution in [2.75, 3.05) is 0 Å². The van der Waals surface area contributed by atoms with E-state index in [2.05, 4.69) is 179 Å². The number of pyridine rings is 2. The largest absolute Gasteiger partial charge is 0.647 e. The van der Waals surface area contributed by atoms with Crippen molar-refractivity contribution >= 4 is 56.6 Å². The Morgan fingerprint density at radius 2 is 0.667 bits per heavy atom. The number of hydrogen-bond acceptors (Lipinski definition) is 2. The van der Waals surface area contributed by atoms with Gasteiger partial charge in [-0.25, -0.2) is 0 Å². The van der Waals surface area contributed by atoms with E-state index in [4.69, 9.17) is 9.31 Å². The van der Waals surface area contributed by atoms with Crippen LogP contribution in [0.25, 0.3) is 44.1 Å². The smallest absolute Gasteiger partial charge is 0.515 e. The van der Waals surface area contributed by atoms with Gasteiger partial charge in [-0.1, -0.05) is 131 Å². The minimum atomic E-state index is -1.45. The molecule has 0 unspecified atom stereocenters. The van der Waals surface area contributed by atoms with Crippen molar-refractivity contribution in [3.63, 3.8) is 0 Å². The van der Waals surface area contributed by atoms with Crippen LogP contribution in [-0.2, 0) is 0 Å². The number of nitrogens with zero attached hydrogens (tertiary/aromatic N) is 2. The van der Waals surface area contributed by atoms with Crippen molar-refractivity contribution in [2.24, 2.45) is 0 Å². The van der Waals surface area contributed by atoms with E-state index in [1.54, 1.807) is 0 Å². The SMILES string of the molecule is c1ccc2c(c1)-c1ccccc1[B-]21Oc2cccc3ccc[n+]1c23.c1ccc2c(c1)-c1ccccc1[B-]21Oc2cccc3ccc[n+]1c23. The Labute approximate surface area is 278 Å². The van der Waals surface area contributed by atoms with Crippen LogP contribution in [0, 0.1) is 0 Å². The lowest BCUT2D eigenvalue weighted by molar-refractivity contribution is -0.515. The van der Waals surface area contributed by atoms with Gasteiger partial charge in [-0.3, -0.25) is 0 Å². The van der Waals surface area contributed by atoms with Crippen molar-refractivity contribution in [1.29, 1.82) is 0 Å². The van der Waals surface area contributed by atoms with Gasteiger partial charge in [0.05, 0.1) is 0 Å². The van der Waals surface area contributed by atoms with E-state index in [-0.39, 0.29) is 0 Å². The third-order valence-corrected chi connectivity index (χ3v) is 11.1. The first-order valence-electron chi connectivity index (χ1n) is 16.7. The predicted octanol–water partition coefficient (Wildman–Crippen LogP) is 5.21. The molecule has 2 aromatic heterocycles. The van der Waals surface area contributed by atoms with Gasteiger partial charge >= 0.3 is 13.0 Å². The third-order valence-electron chi connectivity index (χ3n) is 11.1. The highest BCUT2D eigenvalue weighted by Crippen LogP contribution is 2.37. The van der Waals surface area contributed by atoms with Gasteiger partial charge in [-0.15, -0.1) is 0 Å². The zero-order valence-electron chi connectivity index (χ0n) is 26.0. The molecule has 0 aliphatic carbocycles. The summed E-state index contributed by atoms with van der Waals surface area (Å²) < 4.78 is 18.2. The Bertz CT molecular complexity index is 2390. The highest BCUT2D eigenvalue weighted by atomic mass is 16.5. The van der Waals surface area contributed by atoms with Crippen molar-refractivity contribution in [1.82, 2.24) is 0 Å². The van der Waals surface area contributed by atoms with E-state index in [9.17, 15) is 0 Å². The topological polar surface area (TPSA) is 26.2 Å². The van der Waals surface area contributed by atoms with E-state index < -0.39 is 13.0 Å². The van der Waals surface area contributed by atoms with E-state index in [1.807, 2.05) is 0 Å². The first-order valence-corrected chi connectivity index (χ1v) is 16.7. The fourth-order valence-corrected chi connectivity index (χ4v) is 9.33. The molecule has 4 aliphatic heterocycles. The average Bonchev–Trinajstić information content (AvgIpc) is 3.85. The summed E-state index contributed by atoms with van der Waals surface area (Å²) in [7, 11) is 0. The van der Waals surface area contributed by atoms with E-state index in [0.29, 0.717) is 0 Å². The van der Waals surface area contributed by atoms with E-state index in [1.165, 1.54) is 65.9 Å². The van der Waals surface area contributed by atoms with Crippen molar-refractivity contribution in [3.05, 3.63) is 170 Å². The molecule has 12 rings (SSSR count). The zero-order chi connectivity index (χ0) is 31.5. The van der Waals surface area contributed by atoms with Crippen LogP contribution in [0.15, 0.2) is 170 Å². The van der Waals surface area contributed by atoms with Crippen LogP contribution in [0.3, 0.4) is 0 Å². The summed E-state index contributed by atoms with van der Waals surface area (Å²) in [5, 5.41) is 2.44. The van der Waals surface area contributed by atoms with Crippen LogP contribution in [0.1, 0.15) is 0 Å². The maximum Gasteiger partial charge on any atom is 0.515 e. The van der Waals surface area contributed by atoms with Crippen LogP contribution in [0.4, 0.5) is 0 Å². The third kappa shape index (κ3) is 3.08. The molecule has 4 nitrogen and oxygen atoms in total. The molecule has 48 heavy (non-hydrogen) atoms. The molecule has 0 saturated heterocycles. The number of para-hydroxylation sites is 2. The number of fused-ring (bicyclic) bond motifs is 12. The minimum absolute atomic E-state index is 0.972. The molecular formula is C42H28B2N2O2. The minimum Gasteiger partial charge on any atom is -0.647 e. The normalized spacial score (nSPS) is 15.3. The molecule has 4 aliphatic rings. The van der Waals surface area contributed by atoms with Crippen molar-refractivity contribution < 1.29 is 18.3 Å². The van der Waals surface area contributed by atoms with Gasteiger partial charge in [0, 0.05) is 10.8 Å². The summed E-state index contributed by atoms with van der Waals surface area (Å²) in [4.78, 5) is 0. The lowest BCUT2D eigenvalue weighted by Gasteiger charge is -2.28. The molecule has 224 valence electrons. The molecule has 0 bridgehead atoms. The molecule has 0 atom stereocenters. The van der Waals surface area contributed by atoms with Crippen LogP contribution in [0.2, 0.25) is 0 Å². The lowest BCUT2D eigenvalue weighted by Crippen LogP contribution is -2.78. The van der Waals surface area contributed by atoms with Crippen molar-refractivity contribution in [2.45, 2.75) is 0 Å². The highest BCUT2D eigenvalue weighted by molar-refractivity contribution is 6.96. The van der Waals surface area contributed by atoms with Gasteiger partial charge in [0.15, 0.2) is 0 Å². The summed E-state index contributed by atoms with van der Waals surface area (Å²) >= 11 is 0. The van der Waals surface area contributed by atoms with Gasteiger partial charge in [-0.2, -0.15) is 0 Å². The monoisotopic (exact) mass is 614 g/mol. The van der Waals surface area contributed by atoms with Crippen LogP contribution in [0.5, 0.6) is 11.5 Å². The number of benzene rings is 6. The fraction of sp³-hybridized carbons (Fsp3) is 0. The fourth-order valence-electron chi connectivity index (χ4n) is 9.33. The Morgan fingerprint density at radius 3 is 1.04 bits per heavy atom. The van der Waals surface area contributed by atoms with Crippen LogP contribution < -0.4 is 40.1 Å². The van der Waals surface area contributed by atoms with Crippen LogP contribution >= 0.6 is 0 Å². The quantitative estimate of drug-likeness (QED) is 0.220. The zero-order valence-corrected chi connectivity index (χ0v) is 26.0. The lowest BCUT2D eigenvalue weighted by atomic mass is 9.44. The Kier molecular flexibility index (Phi) is 5.00. The summed E-state index contributed by atoms with van der Waals surface area (Å²) in [6.45, 7) is -2.91. The molecule has 0 amide bonds. The predicted molar refractivity (Wildman–Crippen MR) is 194 cm³/mol. The first-order chi connectivity index (χ1) is 23.8. The second-order valence-electron chi connectivity index (χ2n) is 13.3. The van der Waals surface area contributed by atoms with Gasteiger partial charge in [0.25, 0.3) is 0 Å². The molecule has 0 N–H and O–H groups in total. The first kappa shape index (κ1) is 26.0. The molecule has 0 radical (unpaired) electrons. The summed E-state index contributed by atoms with van der Waals surface area (Å²) in [6, 6.07) is 55.7. The second kappa shape index (κ2) is 9.24. The Balaban J connectivity index is 0.000000117. The van der Waals surface area contributed by atoms with E-state index in [0.717, 1.165) is 11.5 Å². The Hall–Kier alpha value is -6.13. The summed E-state index contributed by atoms with van der Waals surface area (Å²) in [5.41, 5.74) is 12.6. The van der Waals surface area contributed by atoms with Crippen LogP contribution in [-0.4, -0.2) is 13.0 Å². The average molecular weight is 614 g/mol. The highest BCUT2D eigenvalue weighted by Gasteiger charge is 2.56. The van der Waals surface area contributed by atoms with Gasteiger partial charge < -0.3 is 18.3 Å². The maximum absolute atomic E-state index is 6.75. The molecular weight excluding hydrogens is 586 g/mol. The molecule has 6 heterocycles. The molecule has 6 heteroatoms. The van der Waals surface area contributed by atoms with Gasteiger partial charge in [-0.05, 0) is 70.8 Å². The molecule has 2 spiro atoms. The number of hydrogen-bond donors (Lipinski definition) is 0. The maximum atomic E-state index is 6.75. The standard InChI is InChI=1S/2C21H14BNO/c2*1-3-11-18-16(9-1)17-10-2-4-12-19(17)22(18)23-14-6-8-15-7-5-13-20(24-22)21(15)23/h2*1-14H. The number of aromatic nitrogens is 2. The molecule has 8 aromatic rings. The Morgan fingerprint density at radius 1 is 0.333 bits per heavy atom. The molecule has 6 aromatic carbocycles. The number of rotatable bonds is 0. The molecule has 0 fully saturated rings.